The van der Waals surface area contributed by atoms with E-state index < -0.39 is 0 Å². The molecular formula is C51H33N3S. The van der Waals surface area contributed by atoms with E-state index >= 15 is 0 Å². The monoisotopic (exact) mass is 719 g/mol. The molecule has 2 heterocycles. The van der Waals surface area contributed by atoms with E-state index in [2.05, 4.69) is 164 Å². The van der Waals surface area contributed by atoms with Crippen molar-refractivity contribution < 1.29 is 0 Å². The second-order valence-corrected chi connectivity index (χ2v) is 14.7. The average molecular weight is 720 g/mol. The molecule has 0 N–H and O–H groups in total. The Kier molecular flexibility index (Phi) is 8.36. The number of rotatable bonds is 7. The molecule has 0 atom stereocenters. The van der Waals surface area contributed by atoms with Crippen LogP contribution in [0.15, 0.2) is 200 Å². The summed E-state index contributed by atoms with van der Waals surface area (Å²) < 4.78 is 2.42. The summed E-state index contributed by atoms with van der Waals surface area (Å²) in [6.07, 6.45) is 0. The quantitative estimate of drug-likeness (QED) is 0.165. The summed E-state index contributed by atoms with van der Waals surface area (Å²) in [6.45, 7) is 0. The van der Waals surface area contributed by atoms with Crippen molar-refractivity contribution in [1.29, 1.82) is 0 Å². The van der Waals surface area contributed by atoms with Gasteiger partial charge in [0.1, 0.15) is 0 Å². The Morgan fingerprint density at radius 2 is 0.782 bits per heavy atom. The standard InChI is InChI=1S/C51H33N3S/c1-5-15-34(16-6-1)38-23-13-24-41(31-38)44-32-39(27-29-42(44)35-17-7-2-8-18-35)40-28-30-46-45(33-40)48-43(25-14-26-47(48)55-46)51-53-49(36-19-9-3-10-20-36)52-50(54-51)37-21-11-4-12-22-37/h1-33H. The van der Waals surface area contributed by atoms with Crippen LogP contribution in [0.25, 0.3) is 98.8 Å². The molecule has 3 nitrogen and oxygen atoms in total. The third-order valence-electron chi connectivity index (χ3n) is 10.2. The molecule has 0 fully saturated rings. The molecule has 0 radical (unpaired) electrons. The second-order valence-electron chi connectivity index (χ2n) is 13.6. The first-order valence-electron chi connectivity index (χ1n) is 18.4. The maximum absolute atomic E-state index is 5.11. The molecule has 0 saturated carbocycles. The third-order valence-corrected chi connectivity index (χ3v) is 11.3. The smallest absolute Gasteiger partial charge is 0.164 e. The average Bonchev–Trinajstić information content (AvgIpc) is 3.66. The van der Waals surface area contributed by atoms with Crippen LogP contribution in [0.2, 0.25) is 0 Å². The number of thiophene rings is 1. The minimum absolute atomic E-state index is 0.657. The Balaban J connectivity index is 1.14. The molecule has 0 bridgehead atoms. The van der Waals surface area contributed by atoms with E-state index in [0.717, 1.165) is 33.2 Å². The normalized spacial score (nSPS) is 11.3. The summed E-state index contributed by atoms with van der Waals surface area (Å²) in [4.78, 5) is 15.2. The molecule has 10 rings (SSSR count). The number of hydrogen-bond donors (Lipinski definition) is 0. The van der Waals surface area contributed by atoms with Gasteiger partial charge >= 0.3 is 0 Å². The lowest BCUT2D eigenvalue weighted by Crippen LogP contribution is -2.00. The molecular weight excluding hydrogens is 687 g/mol. The highest BCUT2D eigenvalue weighted by Gasteiger charge is 2.18. The Morgan fingerprint density at radius 1 is 0.273 bits per heavy atom. The molecule has 258 valence electrons. The molecule has 4 heteroatoms. The lowest BCUT2D eigenvalue weighted by atomic mass is 9.89. The number of fused-ring (bicyclic) bond motifs is 3. The Hall–Kier alpha value is -7.01. The fourth-order valence-electron chi connectivity index (χ4n) is 7.45. The van der Waals surface area contributed by atoms with Crippen molar-refractivity contribution in [3.05, 3.63) is 200 Å². The van der Waals surface area contributed by atoms with E-state index in [4.69, 9.17) is 15.0 Å². The van der Waals surface area contributed by atoms with Crippen LogP contribution in [0.4, 0.5) is 0 Å². The number of hydrogen-bond acceptors (Lipinski definition) is 4. The van der Waals surface area contributed by atoms with Gasteiger partial charge in [0.15, 0.2) is 17.5 Å². The minimum atomic E-state index is 0.657. The van der Waals surface area contributed by atoms with Crippen LogP contribution in [0, 0.1) is 0 Å². The number of aromatic nitrogens is 3. The first kappa shape index (κ1) is 32.6. The van der Waals surface area contributed by atoms with Gasteiger partial charge in [-0.15, -0.1) is 11.3 Å². The van der Waals surface area contributed by atoms with Crippen LogP contribution < -0.4 is 0 Å². The molecule has 0 aliphatic heterocycles. The second kappa shape index (κ2) is 14.1. The van der Waals surface area contributed by atoms with Gasteiger partial charge in [0.05, 0.1) is 0 Å². The van der Waals surface area contributed by atoms with Crippen molar-refractivity contribution in [1.82, 2.24) is 15.0 Å². The molecule has 10 aromatic rings. The highest BCUT2D eigenvalue weighted by atomic mass is 32.1. The highest BCUT2D eigenvalue weighted by molar-refractivity contribution is 7.26. The van der Waals surface area contributed by atoms with Crippen LogP contribution in [0.3, 0.4) is 0 Å². The Morgan fingerprint density at radius 3 is 1.45 bits per heavy atom. The van der Waals surface area contributed by atoms with Crippen molar-refractivity contribution in [3.8, 4) is 78.7 Å². The van der Waals surface area contributed by atoms with Gasteiger partial charge < -0.3 is 0 Å². The highest BCUT2D eigenvalue weighted by Crippen LogP contribution is 2.43. The molecule has 0 saturated heterocycles. The van der Waals surface area contributed by atoms with Crippen LogP contribution in [-0.4, -0.2) is 15.0 Å². The molecule has 0 unspecified atom stereocenters. The van der Waals surface area contributed by atoms with E-state index in [1.54, 1.807) is 11.3 Å². The number of benzene rings is 8. The van der Waals surface area contributed by atoms with Gasteiger partial charge in [0.25, 0.3) is 0 Å². The van der Waals surface area contributed by atoms with Crippen LogP contribution in [0.5, 0.6) is 0 Å². The molecule has 55 heavy (non-hydrogen) atoms. The lowest BCUT2D eigenvalue weighted by Gasteiger charge is -2.15. The van der Waals surface area contributed by atoms with E-state index in [9.17, 15) is 0 Å². The van der Waals surface area contributed by atoms with Gasteiger partial charge in [-0.1, -0.05) is 170 Å². The first-order chi connectivity index (χ1) is 27.2. The molecule has 0 spiro atoms. The zero-order chi connectivity index (χ0) is 36.6. The van der Waals surface area contributed by atoms with Crippen molar-refractivity contribution in [3.63, 3.8) is 0 Å². The summed E-state index contributed by atoms with van der Waals surface area (Å²) in [7, 11) is 0. The number of nitrogens with zero attached hydrogens (tertiary/aromatic N) is 3. The van der Waals surface area contributed by atoms with Crippen molar-refractivity contribution >= 4 is 31.5 Å². The van der Waals surface area contributed by atoms with Crippen LogP contribution in [0.1, 0.15) is 0 Å². The summed E-state index contributed by atoms with van der Waals surface area (Å²) in [5, 5.41) is 2.35. The molecule has 0 aliphatic carbocycles. The van der Waals surface area contributed by atoms with Crippen molar-refractivity contribution in [2.24, 2.45) is 0 Å². The predicted octanol–water partition coefficient (Wildman–Crippen LogP) is 13.9. The SMILES string of the molecule is c1ccc(-c2cccc(-c3cc(-c4ccc5sc6cccc(-c7nc(-c8ccccc8)nc(-c8ccccc8)n7)c6c5c4)ccc3-c3ccccc3)c2)cc1. The maximum atomic E-state index is 5.11. The van der Waals surface area contributed by atoms with Gasteiger partial charge in [0, 0.05) is 36.9 Å². The van der Waals surface area contributed by atoms with Gasteiger partial charge in [-0.25, -0.2) is 15.0 Å². The summed E-state index contributed by atoms with van der Waals surface area (Å²) in [6, 6.07) is 70.7. The van der Waals surface area contributed by atoms with Gasteiger partial charge in [-0.2, -0.15) is 0 Å². The van der Waals surface area contributed by atoms with Gasteiger partial charge in [-0.05, 0) is 74.8 Å². The summed E-state index contributed by atoms with van der Waals surface area (Å²) in [5.74, 6) is 1.98. The van der Waals surface area contributed by atoms with Crippen molar-refractivity contribution in [2.45, 2.75) is 0 Å². The van der Waals surface area contributed by atoms with Gasteiger partial charge in [0.2, 0.25) is 0 Å². The summed E-state index contributed by atoms with van der Waals surface area (Å²) >= 11 is 1.80. The Bertz CT molecular complexity index is 2900. The zero-order valence-corrected chi connectivity index (χ0v) is 30.6. The van der Waals surface area contributed by atoms with Crippen LogP contribution >= 0.6 is 11.3 Å². The lowest BCUT2D eigenvalue weighted by molar-refractivity contribution is 1.08. The van der Waals surface area contributed by atoms with E-state index in [1.165, 1.54) is 48.2 Å². The topological polar surface area (TPSA) is 38.7 Å². The maximum Gasteiger partial charge on any atom is 0.164 e. The third kappa shape index (κ3) is 6.29. The van der Waals surface area contributed by atoms with E-state index in [0.29, 0.717) is 17.5 Å². The predicted molar refractivity (Wildman–Crippen MR) is 231 cm³/mol. The van der Waals surface area contributed by atoms with Gasteiger partial charge in [-0.3, -0.25) is 0 Å². The minimum Gasteiger partial charge on any atom is -0.208 e. The molecule has 2 aromatic heterocycles. The summed E-state index contributed by atoms with van der Waals surface area (Å²) in [5.41, 5.74) is 12.4. The fourth-order valence-corrected chi connectivity index (χ4v) is 8.56. The molecule has 0 amide bonds. The largest absolute Gasteiger partial charge is 0.208 e. The fraction of sp³-hybridized carbons (Fsp3) is 0. The van der Waals surface area contributed by atoms with Crippen molar-refractivity contribution in [2.75, 3.05) is 0 Å². The van der Waals surface area contributed by atoms with Crippen LogP contribution in [-0.2, 0) is 0 Å². The molecule has 8 aromatic carbocycles. The molecule has 0 aliphatic rings. The zero-order valence-electron chi connectivity index (χ0n) is 29.8. The Labute approximate surface area is 323 Å². The van der Waals surface area contributed by atoms with E-state index in [1.807, 2.05) is 36.4 Å². The first-order valence-corrected chi connectivity index (χ1v) is 19.3. The van der Waals surface area contributed by atoms with E-state index in [-0.39, 0.29) is 0 Å².